The number of aryl methyl sites for hydroxylation is 1. The van der Waals surface area contributed by atoms with Crippen LogP contribution in [0.5, 0.6) is 0 Å². The predicted molar refractivity (Wildman–Crippen MR) is 146 cm³/mol. The van der Waals surface area contributed by atoms with Crippen LogP contribution in [0.2, 0.25) is 0 Å². The van der Waals surface area contributed by atoms with E-state index in [1.54, 1.807) is 34.1 Å². The van der Waals surface area contributed by atoms with Crippen LogP contribution in [0.4, 0.5) is 10.5 Å². The molecule has 0 atom stereocenters. The van der Waals surface area contributed by atoms with Gasteiger partial charge in [0.15, 0.2) is 9.84 Å². The van der Waals surface area contributed by atoms with Gasteiger partial charge in [0.2, 0.25) is 0 Å². The number of nitrogens with zero attached hydrogens (tertiary/aromatic N) is 4. The number of fused-ring (bicyclic) bond motifs is 1. The Labute approximate surface area is 221 Å². The number of carbonyl (C=O) groups excluding carboxylic acids is 2. The van der Waals surface area contributed by atoms with Crippen molar-refractivity contribution < 1.29 is 22.7 Å². The van der Waals surface area contributed by atoms with Crippen molar-refractivity contribution in [2.75, 3.05) is 36.6 Å². The van der Waals surface area contributed by atoms with Crippen LogP contribution in [0.15, 0.2) is 72.9 Å². The molecular weight excluding hydrogens is 504 g/mol. The maximum atomic E-state index is 13.6. The van der Waals surface area contributed by atoms with E-state index in [4.69, 9.17) is 4.74 Å². The predicted octanol–water partition coefficient (Wildman–Crippen LogP) is 3.88. The van der Waals surface area contributed by atoms with Crippen molar-refractivity contribution in [1.29, 1.82) is 0 Å². The van der Waals surface area contributed by atoms with Crippen molar-refractivity contribution in [1.82, 2.24) is 14.7 Å². The Morgan fingerprint density at radius 1 is 0.947 bits per heavy atom. The first-order chi connectivity index (χ1) is 18.2. The summed E-state index contributed by atoms with van der Waals surface area (Å²) in [7, 11) is 0.105. The van der Waals surface area contributed by atoms with Crippen molar-refractivity contribution in [3.05, 3.63) is 84.1 Å². The number of amides is 2. The molecule has 1 aliphatic heterocycles. The van der Waals surface area contributed by atoms with Gasteiger partial charge in [-0.25, -0.2) is 18.0 Å². The number of sulfone groups is 1. The second-order valence-electron chi connectivity index (χ2n) is 9.28. The zero-order chi connectivity index (χ0) is 26.9. The molecule has 1 aromatic heterocycles. The lowest BCUT2D eigenvalue weighted by Crippen LogP contribution is -2.49. The molecule has 0 bridgehead atoms. The fourth-order valence-electron chi connectivity index (χ4n) is 4.55. The summed E-state index contributed by atoms with van der Waals surface area (Å²) >= 11 is 0. The maximum Gasteiger partial charge on any atom is 0.337 e. The van der Waals surface area contributed by atoms with Gasteiger partial charge in [0.05, 0.1) is 42.4 Å². The smallest absolute Gasteiger partial charge is 0.337 e. The van der Waals surface area contributed by atoms with E-state index in [-0.39, 0.29) is 37.2 Å². The fourth-order valence-corrected chi connectivity index (χ4v) is 5.75. The summed E-state index contributed by atoms with van der Waals surface area (Å²) in [6.45, 7) is 0.563. The van der Waals surface area contributed by atoms with Crippen LogP contribution < -0.4 is 4.90 Å². The van der Waals surface area contributed by atoms with Gasteiger partial charge in [-0.3, -0.25) is 9.58 Å². The molecule has 0 spiro atoms. The fraction of sp³-hybridized carbons (Fsp3) is 0.250. The van der Waals surface area contributed by atoms with E-state index in [2.05, 4.69) is 11.2 Å². The van der Waals surface area contributed by atoms with Gasteiger partial charge in [0, 0.05) is 31.2 Å². The summed E-state index contributed by atoms with van der Waals surface area (Å²) < 4.78 is 30.4. The third-order valence-corrected chi connectivity index (χ3v) is 8.43. The molecular formula is C28H28N4O5S. The summed E-state index contributed by atoms with van der Waals surface area (Å²) in [5.41, 5.74) is 4.98. The van der Waals surface area contributed by atoms with Crippen LogP contribution in [0.25, 0.3) is 22.0 Å². The number of urea groups is 1. The molecule has 1 fully saturated rings. The van der Waals surface area contributed by atoms with Gasteiger partial charge in [0.25, 0.3) is 0 Å². The number of anilines is 1. The first kappa shape index (κ1) is 25.5. The molecule has 1 saturated heterocycles. The topological polar surface area (TPSA) is 102 Å². The number of ether oxygens (including phenoxy) is 1. The molecule has 9 nitrogen and oxygen atoms in total. The number of esters is 1. The van der Waals surface area contributed by atoms with Crippen molar-refractivity contribution in [2.45, 2.75) is 6.54 Å². The van der Waals surface area contributed by atoms with Crippen molar-refractivity contribution in [3.63, 3.8) is 0 Å². The molecule has 0 N–H and O–H groups in total. The second kappa shape index (κ2) is 10.3. The zero-order valence-corrected chi connectivity index (χ0v) is 22.0. The van der Waals surface area contributed by atoms with Crippen LogP contribution >= 0.6 is 0 Å². The minimum Gasteiger partial charge on any atom is -0.465 e. The Morgan fingerprint density at radius 2 is 1.61 bits per heavy atom. The summed E-state index contributed by atoms with van der Waals surface area (Å²) in [6.07, 6.45) is 1.83. The number of benzene rings is 3. The lowest BCUT2D eigenvalue weighted by Gasteiger charge is -2.33. The molecule has 3 aromatic carbocycles. The highest BCUT2D eigenvalue weighted by atomic mass is 32.2. The van der Waals surface area contributed by atoms with Crippen molar-refractivity contribution in [2.24, 2.45) is 7.05 Å². The summed E-state index contributed by atoms with van der Waals surface area (Å²) in [5.74, 6) is -0.523. The van der Waals surface area contributed by atoms with Crippen molar-refractivity contribution >= 4 is 38.4 Å². The van der Waals surface area contributed by atoms with E-state index in [1.165, 1.54) is 7.11 Å². The number of aromatic nitrogens is 2. The first-order valence-electron chi connectivity index (χ1n) is 12.2. The van der Waals surface area contributed by atoms with Gasteiger partial charge in [-0.05, 0) is 47.0 Å². The van der Waals surface area contributed by atoms with Gasteiger partial charge in [-0.2, -0.15) is 5.10 Å². The number of hydrogen-bond donors (Lipinski definition) is 0. The Morgan fingerprint density at radius 3 is 2.26 bits per heavy atom. The Hall–Kier alpha value is -4.18. The average Bonchev–Trinajstić information content (AvgIpc) is 3.31. The molecule has 10 heteroatoms. The molecule has 5 rings (SSSR count). The van der Waals surface area contributed by atoms with E-state index >= 15 is 0 Å². The molecule has 0 radical (unpaired) electrons. The third kappa shape index (κ3) is 5.26. The number of methoxy groups -OCH3 is 1. The van der Waals surface area contributed by atoms with Gasteiger partial charge < -0.3 is 9.64 Å². The van der Waals surface area contributed by atoms with Crippen LogP contribution in [-0.2, 0) is 28.2 Å². The Kier molecular flexibility index (Phi) is 6.90. The minimum absolute atomic E-state index is 0.0458. The number of rotatable bonds is 5. The van der Waals surface area contributed by atoms with Gasteiger partial charge >= 0.3 is 12.0 Å². The standard InChI is InChI=1S/C28H28N4O5S/c1-30-26-17-23(7-8-24(26)18-29-30)21-9-11-25(12-10-21)32(28(34)31-13-15-38(35,36)16-14-31)19-20-3-5-22(6-4-20)27(33)37-2/h3-12,17-18H,13-16,19H2,1-2H3. The van der Waals surface area contributed by atoms with Crippen LogP contribution in [0, 0.1) is 0 Å². The lowest BCUT2D eigenvalue weighted by atomic mass is 10.0. The quantitative estimate of drug-likeness (QED) is 0.362. The highest BCUT2D eigenvalue weighted by Crippen LogP contribution is 2.28. The lowest BCUT2D eigenvalue weighted by molar-refractivity contribution is 0.0600. The summed E-state index contributed by atoms with van der Waals surface area (Å²) in [6, 6.07) is 20.5. The number of hydrogen-bond acceptors (Lipinski definition) is 6. The van der Waals surface area contributed by atoms with Crippen molar-refractivity contribution in [3.8, 4) is 11.1 Å². The molecule has 2 heterocycles. The van der Waals surface area contributed by atoms with E-state index in [0.717, 1.165) is 27.6 Å². The molecule has 196 valence electrons. The third-order valence-electron chi connectivity index (χ3n) is 6.82. The highest BCUT2D eigenvalue weighted by Gasteiger charge is 2.29. The molecule has 0 aliphatic carbocycles. The Balaban J connectivity index is 1.43. The largest absolute Gasteiger partial charge is 0.465 e. The monoisotopic (exact) mass is 532 g/mol. The normalized spacial score (nSPS) is 14.8. The summed E-state index contributed by atoms with van der Waals surface area (Å²) in [5, 5.41) is 5.37. The average molecular weight is 533 g/mol. The molecule has 0 unspecified atom stereocenters. The first-order valence-corrected chi connectivity index (χ1v) is 14.0. The Bertz CT molecular complexity index is 1580. The maximum absolute atomic E-state index is 13.6. The SMILES string of the molecule is COC(=O)c1ccc(CN(C(=O)N2CCS(=O)(=O)CC2)c2ccc(-c3ccc4cnn(C)c4c3)cc2)cc1. The number of carbonyl (C=O) groups is 2. The highest BCUT2D eigenvalue weighted by molar-refractivity contribution is 7.91. The van der Waals surface area contributed by atoms with Gasteiger partial charge in [-0.15, -0.1) is 0 Å². The minimum atomic E-state index is -3.13. The molecule has 1 aliphatic rings. The van der Waals surface area contributed by atoms with Gasteiger partial charge in [0.1, 0.15) is 0 Å². The summed E-state index contributed by atoms with van der Waals surface area (Å²) in [4.78, 5) is 28.6. The van der Waals surface area contributed by atoms with E-state index in [1.807, 2.05) is 54.3 Å². The van der Waals surface area contributed by atoms with Crippen LogP contribution in [0.1, 0.15) is 15.9 Å². The van der Waals surface area contributed by atoms with Crippen LogP contribution in [-0.4, -0.2) is 66.8 Å². The molecule has 2 amide bonds. The second-order valence-corrected chi connectivity index (χ2v) is 11.6. The van der Waals surface area contributed by atoms with E-state index in [0.29, 0.717) is 11.3 Å². The van der Waals surface area contributed by atoms with Gasteiger partial charge in [-0.1, -0.05) is 36.4 Å². The van der Waals surface area contributed by atoms with Crippen LogP contribution in [0.3, 0.4) is 0 Å². The molecule has 38 heavy (non-hydrogen) atoms. The van der Waals surface area contributed by atoms with E-state index < -0.39 is 15.8 Å². The molecule has 4 aromatic rings. The van der Waals surface area contributed by atoms with E-state index in [9.17, 15) is 18.0 Å². The molecule has 0 saturated carbocycles. The zero-order valence-electron chi connectivity index (χ0n) is 21.2.